The molecule has 2 aromatic carbocycles. The van der Waals surface area contributed by atoms with E-state index in [1.807, 2.05) is 36.1 Å². The van der Waals surface area contributed by atoms with E-state index in [-0.39, 0.29) is 24.1 Å². The molecule has 0 unspecified atom stereocenters. The van der Waals surface area contributed by atoms with Gasteiger partial charge in [-0.15, -0.1) is 13.2 Å². The zero-order valence-electron chi connectivity index (χ0n) is 16.4. The third kappa shape index (κ3) is 6.21. The lowest BCUT2D eigenvalue weighted by Gasteiger charge is -2.34. The molecule has 160 valence electrons. The highest BCUT2D eigenvalue weighted by Crippen LogP contribution is 2.24. The van der Waals surface area contributed by atoms with E-state index in [0.29, 0.717) is 37.4 Å². The van der Waals surface area contributed by atoms with Crippen molar-refractivity contribution in [2.45, 2.75) is 13.3 Å². The zero-order chi connectivity index (χ0) is 21.7. The average Bonchev–Trinajstić information content (AvgIpc) is 2.69. The predicted molar refractivity (Wildman–Crippen MR) is 105 cm³/mol. The van der Waals surface area contributed by atoms with Crippen LogP contribution in [0.5, 0.6) is 5.75 Å². The number of hydrogen-bond donors (Lipinski definition) is 1. The van der Waals surface area contributed by atoms with Gasteiger partial charge in [-0.1, -0.05) is 17.7 Å². The van der Waals surface area contributed by atoms with Crippen molar-refractivity contribution in [1.29, 1.82) is 0 Å². The maximum Gasteiger partial charge on any atom is 0.573 e. The van der Waals surface area contributed by atoms with Crippen LogP contribution in [-0.4, -0.2) is 60.7 Å². The van der Waals surface area contributed by atoms with E-state index in [4.69, 9.17) is 0 Å². The van der Waals surface area contributed by atoms with Crippen molar-refractivity contribution >= 4 is 17.5 Å². The zero-order valence-corrected chi connectivity index (χ0v) is 16.4. The van der Waals surface area contributed by atoms with Gasteiger partial charge in [0.05, 0.1) is 6.54 Å². The van der Waals surface area contributed by atoms with E-state index in [2.05, 4.69) is 10.1 Å². The molecular formula is C21H22F3N3O3. The third-order valence-electron chi connectivity index (χ3n) is 4.70. The van der Waals surface area contributed by atoms with Crippen LogP contribution in [0.15, 0.2) is 48.5 Å². The summed E-state index contributed by atoms with van der Waals surface area (Å²) in [5, 5.41) is 2.65. The largest absolute Gasteiger partial charge is 0.573 e. The number of rotatable bonds is 5. The van der Waals surface area contributed by atoms with E-state index in [0.717, 1.165) is 17.7 Å². The Morgan fingerprint density at radius 1 is 0.967 bits per heavy atom. The quantitative estimate of drug-likeness (QED) is 0.805. The first kappa shape index (κ1) is 21.6. The smallest absolute Gasteiger partial charge is 0.406 e. The third-order valence-corrected chi connectivity index (χ3v) is 4.70. The Hall–Kier alpha value is -3.07. The Labute approximate surface area is 172 Å². The number of benzene rings is 2. The molecule has 0 spiro atoms. The summed E-state index contributed by atoms with van der Waals surface area (Å²) >= 11 is 0. The predicted octanol–water partition coefficient (Wildman–Crippen LogP) is 3.29. The fourth-order valence-corrected chi connectivity index (χ4v) is 3.13. The first-order valence-corrected chi connectivity index (χ1v) is 9.43. The van der Waals surface area contributed by atoms with Crippen LogP contribution in [0.2, 0.25) is 0 Å². The van der Waals surface area contributed by atoms with Gasteiger partial charge in [-0.05, 0) is 43.3 Å². The number of amides is 2. The van der Waals surface area contributed by atoms with Crippen LogP contribution in [0, 0.1) is 6.92 Å². The number of nitrogens with zero attached hydrogens (tertiary/aromatic N) is 2. The molecule has 1 fully saturated rings. The first-order valence-electron chi connectivity index (χ1n) is 9.43. The van der Waals surface area contributed by atoms with E-state index >= 15 is 0 Å². The molecule has 1 aliphatic rings. The van der Waals surface area contributed by atoms with Gasteiger partial charge in [-0.25, -0.2) is 0 Å². The van der Waals surface area contributed by atoms with Crippen molar-refractivity contribution in [2.24, 2.45) is 0 Å². The van der Waals surface area contributed by atoms with Gasteiger partial charge in [0.1, 0.15) is 5.75 Å². The van der Waals surface area contributed by atoms with E-state index in [1.54, 1.807) is 4.90 Å². The second-order valence-electron chi connectivity index (χ2n) is 7.05. The highest BCUT2D eigenvalue weighted by molar-refractivity contribution is 5.94. The maximum absolute atomic E-state index is 12.5. The lowest BCUT2D eigenvalue weighted by molar-refractivity contribution is -0.274. The van der Waals surface area contributed by atoms with Gasteiger partial charge in [0, 0.05) is 37.4 Å². The van der Waals surface area contributed by atoms with Gasteiger partial charge >= 0.3 is 6.36 Å². The summed E-state index contributed by atoms with van der Waals surface area (Å²) in [6, 6.07) is 12.4. The summed E-state index contributed by atoms with van der Waals surface area (Å²) in [5.41, 5.74) is 2.11. The Balaban J connectivity index is 1.45. The number of alkyl halides is 3. The molecular weight excluding hydrogens is 399 g/mol. The van der Waals surface area contributed by atoms with Crippen LogP contribution in [0.1, 0.15) is 15.9 Å². The van der Waals surface area contributed by atoms with Crippen molar-refractivity contribution in [1.82, 2.24) is 9.80 Å². The van der Waals surface area contributed by atoms with Crippen molar-refractivity contribution in [3.63, 3.8) is 0 Å². The van der Waals surface area contributed by atoms with Crippen LogP contribution in [-0.2, 0) is 4.79 Å². The fraction of sp³-hybridized carbons (Fsp3) is 0.333. The number of hydrogen-bond acceptors (Lipinski definition) is 4. The fourth-order valence-electron chi connectivity index (χ4n) is 3.13. The number of nitrogens with one attached hydrogen (secondary N) is 1. The minimum atomic E-state index is -4.76. The molecule has 1 N–H and O–H groups in total. The number of aryl methyl sites for hydroxylation is 1. The Bertz CT molecular complexity index is 875. The summed E-state index contributed by atoms with van der Waals surface area (Å²) in [6.07, 6.45) is -4.76. The van der Waals surface area contributed by atoms with Gasteiger partial charge in [0.2, 0.25) is 5.91 Å². The molecule has 6 nitrogen and oxygen atoms in total. The molecule has 0 saturated carbocycles. The van der Waals surface area contributed by atoms with E-state index < -0.39 is 6.36 Å². The normalized spacial score (nSPS) is 15.0. The minimum absolute atomic E-state index is 0.0275. The van der Waals surface area contributed by atoms with Crippen molar-refractivity contribution in [2.75, 3.05) is 38.0 Å². The van der Waals surface area contributed by atoms with Crippen molar-refractivity contribution < 1.29 is 27.5 Å². The van der Waals surface area contributed by atoms with Crippen molar-refractivity contribution in [3.05, 3.63) is 59.7 Å². The highest BCUT2D eigenvalue weighted by Gasteiger charge is 2.31. The van der Waals surface area contributed by atoms with Crippen LogP contribution in [0.4, 0.5) is 18.9 Å². The number of piperazine rings is 1. The molecule has 1 saturated heterocycles. The second kappa shape index (κ2) is 9.17. The molecule has 0 aromatic heterocycles. The van der Waals surface area contributed by atoms with E-state index in [9.17, 15) is 22.8 Å². The number of halogens is 3. The minimum Gasteiger partial charge on any atom is -0.406 e. The number of ether oxygens (including phenoxy) is 1. The summed E-state index contributed by atoms with van der Waals surface area (Å²) in [6.45, 7) is 4.25. The van der Waals surface area contributed by atoms with Crippen LogP contribution < -0.4 is 10.1 Å². The molecule has 1 aliphatic heterocycles. The number of carbonyl (C=O) groups excluding carboxylic acids is 2. The monoisotopic (exact) mass is 421 g/mol. The average molecular weight is 421 g/mol. The first-order chi connectivity index (χ1) is 14.2. The molecule has 0 atom stereocenters. The Kier molecular flexibility index (Phi) is 6.61. The van der Waals surface area contributed by atoms with Crippen LogP contribution in [0.25, 0.3) is 0 Å². The molecule has 9 heteroatoms. The molecule has 30 heavy (non-hydrogen) atoms. The van der Waals surface area contributed by atoms with Gasteiger partial charge in [0.15, 0.2) is 0 Å². The molecule has 3 rings (SSSR count). The SMILES string of the molecule is Cc1ccc(C(=O)N2CCN(CC(=O)Nc3ccc(OC(F)(F)F)cc3)CC2)cc1. The molecule has 1 heterocycles. The topological polar surface area (TPSA) is 61.9 Å². The molecule has 0 bridgehead atoms. The summed E-state index contributed by atoms with van der Waals surface area (Å²) in [4.78, 5) is 28.4. The molecule has 2 amide bonds. The highest BCUT2D eigenvalue weighted by atomic mass is 19.4. The maximum atomic E-state index is 12.5. The Morgan fingerprint density at radius 2 is 1.57 bits per heavy atom. The number of carbonyl (C=O) groups is 2. The van der Waals surface area contributed by atoms with Gasteiger partial charge < -0.3 is 15.0 Å². The molecule has 0 radical (unpaired) electrons. The Morgan fingerprint density at radius 3 is 2.13 bits per heavy atom. The van der Waals surface area contributed by atoms with Crippen LogP contribution >= 0.6 is 0 Å². The lowest BCUT2D eigenvalue weighted by atomic mass is 10.1. The van der Waals surface area contributed by atoms with Crippen LogP contribution in [0.3, 0.4) is 0 Å². The lowest BCUT2D eigenvalue weighted by Crippen LogP contribution is -2.50. The number of anilines is 1. The van der Waals surface area contributed by atoms with Gasteiger partial charge in [0.25, 0.3) is 5.91 Å². The standard InChI is InChI=1S/C21H22F3N3O3/c1-15-2-4-16(5-3-15)20(29)27-12-10-26(11-13-27)14-19(28)25-17-6-8-18(9-7-17)30-21(22,23)24/h2-9H,10-14H2,1H3,(H,25,28). The van der Waals surface area contributed by atoms with E-state index in [1.165, 1.54) is 12.1 Å². The van der Waals surface area contributed by atoms with Gasteiger partial charge in [-0.2, -0.15) is 0 Å². The summed E-state index contributed by atoms with van der Waals surface area (Å²) < 4.78 is 40.3. The summed E-state index contributed by atoms with van der Waals surface area (Å²) in [7, 11) is 0. The molecule has 2 aromatic rings. The molecule has 0 aliphatic carbocycles. The summed E-state index contributed by atoms with van der Waals surface area (Å²) in [5.74, 6) is -0.659. The second-order valence-corrected chi connectivity index (χ2v) is 7.05. The van der Waals surface area contributed by atoms with Crippen molar-refractivity contribution in [3.8, 4) is 5.75 Å². The van der Waals surface area contributed by atoms with Gasteiger partial charge in [-0.3, -0.25) is 14.5 Å².